The van der Waals surface area contributed by atoms with Crippen molar-refractivity contribution in [3.05, 3.63) is 72.1 Å². The van der Waals surface area contributed by atoms with Crippen LogP contribution in [0.25, 0.3) is 5.57 Å². The maximum absolute atomic E-state index is 13.2. The summed E-state index contributed by atoms with van der Waals surface area (Å²) in [7, 11) is 0. The minimum absolute atomic E-state index is 0.0392. The molecule has 0 saturated heterocycles. The number of carbonyl (C=O) groups is 3. The Balaban J connectivity index is 1.58. The van der Waals surface area contributed by atoms with Crippen LogP contribution >= 0.6 is 0 Å². The van der Waals surface area contributed by atoms with Gasteiger partial charge in [0.1, 0.15) is 6.04 Å². The van der Waals surface area contributed by atoms with E-state index >= 15 is 0 Å². The smallest absolute Gasteiger partial charge is 0.245 e. The number of aryl methyl sites for hydroxylation is 1. The first-order chi connectivity index (χ1) is 15.5. The van der Waals surface area contributed by atoms with Crippen LogP contribution in [0.1, 0.15) is 43.4 Å². The standard InChI is InChI=1S/C25H30N4O3/c26-23(30)15-14-22(28-24(31)13-6-10-19-8-2-1-3-9-19)25(32)29-17-7-11-20(18-29)21-12-4-5-16-27-21/h1-5,8-9,11-12,16,22H,6-7,10,13-15,17-18H2,(H2,26,30)(H,28,31). The molecule has 7 nitrogen and oxygen atoms in total. The fourth-order valence-corrected chi connectivity index (χ4v) is 3.80. The van der Waals surface area contributed by atoms with E-state index in [2.05, 4.69) is 16.4 Å². The van der Waals surface area contributed by atoms with Crippen LogP contribution in [0.15, 0.2) is 60.8 Å². The van der Waals surface area contributed by atoms with E-state index in [9.17, 15) is 14.4 Å². The van der Waals surface area contributed by atoms with Crippen LogP contribution in [0.2, 0.25) is 0 Å². The molecule has 0 fully saturated rings. The molecule has 3 N–H and O–H groups in total. The number of carbonyl (C=O) groups excluding carboxylic acids is 3. The highest BCUT2D eigenvalue weighted by Crippen LogP contribution is 2.20. The average Bonchev–Trinajstić information content (AvgIpc) is 2.82. The Morgan fingerprint density at radius 1 is 1.06 bits per heavy atom. The van der Waals surface area contributed by atoms with Gasteiger partial charge in [-0.15, -0.1) is 0 Å². The third-order valence-corrected chi connectivity index (χ3v) is 5.48. The molecule has 0 spiro atoms. The zero-order valence-electron chi connectivity index (χ0n) is 18.2. The summed E-state index contributed by atoms with van der Waals surface area (Å²) in [5, 5.41) is 2.84. The highest BCUT2D eigenvalue weighted by molar-refractivity contribution is 5.89. The maximum Gasteiger partial charge on any atom is 0.245 e. The van der Waals surface area contributed by atoms with Crippen molar-refractivity contribution in [3.8, 4) is 0 Å². The molecular weight excluding hydrogens is 404 g/mol. The van der Waals surface area contributed by atoms with Crippen LogP contribution in [-0.4, -0.2) is 46.7 Å². The number of amides is 3. The molecule has 2 heterocycles. The third-order valence-electron chi connectivity index (χ3n) is 5.48. The van der Waals surface area contributed by atoms with Crippen LogP contribution < -0.4 is 11.1 Å². The van der Waals surface area contributed by atoms with Gasteiger partial charge in [0.15, 0.2) is 0 Å². The SMILES string of the molecule is NC(=O)CCC(NC(=O)CCCc1ccccc1)C(=O)N1CCC=C(c2ccccn2)C1. The molecule has 7 heteroatoms. The van der Waals surface area contributed by atoms with Crippen molar-refractivity contribution >= 4 is 23.3 Å². The molecule has 168 valence electrons. The fraction of sp³-hybridized carbons (Fsp3) is 0.360. The summed E-state index contributed by atoms with van der Waals surface area (Å²) in [4.78, 5) is 43.2. The van der Waals surface area contributed by atoms with E-state index < -0.39 is 11.9 Å². The van der Waals surface area contributed by atoms with Gasteiger partial charge in [-0.3, -0.25) is 19.4 Å². The van der Waals surface area contributed by atoms with Crippen molar-refractivity contribution in [1.29, 1.82) is 0 Å². The highest BCUT2D eigenvalue weighted by atomic mass is 16.2. The van der Waals surface area contributed by atoms with E-state index in [-0.39, 0.29) is 24.7 Å². The summed E-state index contributed by atoms with van der Waals surface area (Å²) in [6.45, 7) is 0.985. The van der Waals surface area contributed by atoms with Crippen molar-refractivity contribution in [1.82, 2.24) is 15.2 Å². The van der Waals surface area contributed by atoms with E-state index in [1.807, 2.05) is 48.5 Å². The predicted molar refractivity (Wildman–Crippen MR) is 123 cm³/mol. The van der Waals surface area contributed by atoms with E-state index in [1.165, 1.54) is 5.56 Å². The molecule has 1 aliphatic heterocycles. The number of nitrogens with one attached hydrogen (secondary N) is 1. The summed E-state index contributed by atoms with van der Waals surface area (Å²) >= 11 is 0. The quantitative estimate of drug-likeness (QED) is 0.599. The highest BCUT2D eigenvalue weighted by Gasteiger charge is 2.28. The van der Waals surface area contributed by atoms with Crippen LogP contribution in [-0.2, 0) is 20.8 Å². The molecule has 1 aromatic heterocycles. The monoisotopic (exact) mass is 434 g/mol. The van der Waals surface area contributed by atoms with Gasteiger partial charge >= 0.3 is 0 Å². The Hall–Kier alpha value is -3.48. The molecule has 3 rings (SSSR count). The Bertz CT molecular complexity index is 944. The van der Waals surface area contributed by atoms with Gasteiger partial charge in [-0.1, -0.05) is 42.5 Å². The maximum atomic E-state index is 13.2. The van der Waals surface area contributed by atoms with E-state index in [0.29, 0.717) is 32.4 Å². The normalized spacial score (nSPS) is 14.4. The molecule has 0 radical (unpaired) electrons. The molecular formula is C25H30N4O3. The first-order valence-electron chi connectivity index (χ1n) is 11.0. The van der Waals surface area contributed by atoms with Crippen LogP contribution in [0.4, 0.5) is 0 Å². The number of hydrogen-bond acceptors (Lipinski definition) is 4. The van der Waals surface area contributed by atoms with Gasteiger partial charge in [0, 0.05) is 32.1 Å². The van der Waals surface area contributed by atoms with Crippen molar-refractivity contribution < 1.29 is 14.4 Å². The summed E-state index contributed by atoms with van der Waals surface area (Å²) in [5.74, 6) is -0.876. The number of rotatable bonds is 10. The third kappa shape index (κ3) is 7.04. The number of aromatic nitrogens is 1. The minimum atomic E-state index is -0.769. The molecule has 2 aromatic rings. The summed E-state index contributed by atoms with van der Waals surface area (Å²) in [5.41, 5.74) is 8.29. The molecule has 0 bridgehead atoms. The Labute approximate surface area is 188 Å². The summed E-state index contributed by atoms with van der Waals surface area (Å²) in [6, 6.07) is 14.9. The number of primary amides is 1. The van der Waals surface area contributed by atoms with Gasteiger partial charge in [-0.25, -0.2) is 0 Å². The molecule has 32 heavy (non-hydrogen) atoms. The summed E-state index contributed by atoms with van der Waals surface area (Å²) < 4.78 is 0. The average molecular weight is 435 g/mol. The summed E-state index contributed by atoms with van der Waals surface area (Å²) in [6.07, 6.45) is 6.55. The van der Waals surface area contributed by atoms with Gasteiger partial charge in [0.05, 0.1) is 5.69 Å². The first-order valence-corrected chi connectivity index (χ1v) is 11.0. The predicted octanol–water partition coefficient (Wildman–Crippen LogP) is 2.47. The molecule has 0 aliphatic carbocycles. The largest absolute Gasteiger partial charge is 0.370 e. The molecule has 3 amide bonds. The first kappa shape index (κ1) is 23.2. The number of nitrogens with two attached hydrogens (primary N) is 1. The second-order valence-corrected chi connectivity index (χ2v) is 7.96. The lowest BCUT2D eigenvalue weighted by molar-refractivity contribution is -0.136. The number of hydrogen-bond donors (Lipinski definition) is 2. The van der Waals surface area contributed by atoms with Crippen LogP contribution in [0, 0.1) is 0 Å². The van der Waals surface area contributed by atoms with Crippen molar-refractivity contribution in [2.24, 2.45) is 5.73 Å². The fourth-order valence-electron chi connectivity index (χ4n) is 3.80. The van der Waals surface area contributed by atoms with Crippen molar-refractivity contribution in [2.75, 3.05) is 13.1 Å². The molecule has 1 aliphatic rings. The Morgan fingerprint density at radius 2 is 1.84 bits per heavy atom. The van der Waals surface area contributed by atoms with Crippen LogP contribution in [0.3, 0.4) is 0 Å². The number of nitrogens with zero attached hydrogens (tertiary/aromatic N) is 2. The van der Waals surface area contributed by atoms with Gasteiger partial charge in [-0.05, 0) is 49.0 Å². The zero-order chi connectivity index (χ0) is 22.8. The Morgan fingerprint density at radius 3 is 2.56 bits per heavy atom. The van der Waals surface area contributed by atoms with Crippen LogP contribution in [0.5, 0.6) is 0 Å². The van der Waals surface area contributed by atoms with Crippen molar-refractivity contribution in [2.45, 2.75) is 44.6 Å². The lowest BCUT2D eigenvalue weighted by Crippen LogP contribution is -2.50. The molecule has 1 atom stereocenters. The van der Waals surface area contributed by atoms with Gasteiger partial charge < -0.3 is 16.0 Å². The van der Waals surface area contributed by atoms with E-state index in [1.54, 1.807) is 11.1 Å². The molecule has 1 unspecified atom stereocenters. The zero-order valence-corrected chi connectivity index (χ0v) is 18.2. The second-order valence-electron chi connectivity index (χ2n) is 7.96. The number of pyridine rings is 1. The van der Waals surface area contributed by atoms with E-state index in [0.717, 1.165) is 17.7 Å². The molecule has 0 saturated carbocycles. The van der Waals surface area contributed by atoms with Gasteiger partial charge in [-0.2, -0.15) is 0 Å². The molecule has 1 aromatic carbocycles. The van der Waals surface area contributed by atoms with Gasteiger partial charge in [0.2, 0.25) is 17.7 Å². The lowest BCUT2D eigenvalue weighted by Gasteiger charge is -2.31. The minimum Gasteiger partial charge on any atom is -0.370 e. The second kappa shape index (κ2) is 11.8. The number of benzene rings is 1. The van der Waals surface area contributed by atoms with Gasteiger partial charge in [0.25, 0.3) is 0 Å². The lowest BCUT2D eigenvalue weighted by atomic mass is 10.0. The van der Waals surface area contributed by atoms with Crippen molar-refractivity contribution in [3.63, 3.8) is 0 Å². The van der Waals surface area contributed by atoms with E-state index in [4.69, 9.17) is 5.73 Å². The topological polar surface area (TPSA) is 105 Å². The Kier molecular flexibility index (Phi) is 8.54.